The maximum atomic E-state index is 10.8. The second-order valence-corrected chi connectivity index (χ2v) is 6.40. The fourth-order valence-corrected chi connectivity index (χ4v) is 2.62. The van der Waals surface area contributed by atoms with Crippen LogP contribution in [0.2, 0.25) is 0 Å². The number of hydrogen-bond acceptors (Lipinski definition) is 1. The van der Waals surface area contributed by atoms with Crippen LogP contribution in [0, 0.1) is 0 Å². The topological polar surface area (TPSA) is 20.2 Å². The van der Waals surface area contributed by atoms with E-state index >= 15 is 0 Å². The van der Waals surface area contributed by atoms with Gasteiger partial charge < -0.3 is 5.11 Å². The van der Waals surface area contributed by atoms with E-state index in [1.54, 1.807) is 0 Å². The first-order valence-electron chi connectivity index (χ1n) is 7.83. The van der Waals surface area contributed by atoms with Crippen LogP contribution in [0.4, 0.5) is 0 Å². The third-order valence-electron chi connectivity index (χ3n) is 4.18. The van der Waals surface area contributed by atoms with E-state index in [0.29, 0.717) is 12.3 Å². The minimum Gasteiger partial charge on any atom is -0.385 e. The predicted molar refractivity (Wildman–Crippen MR) is 89.6 cm³/mol. The normalized spacial score (nSPS) is 14.2. The van der Waals surface area contributed by atoms with E-state index in [-0.39, 0.29) is 0 Å². The highest BCUT2D eigenvalue weighted by molar-refractivity contribution is 5.31. The number of rotatable bonds is 5. The van der Waals surface area contributed by atoms with Crippen molar-refractivity contribution in [3.05, 3.63) is 70.8 Å². The van der Waals surface area contributed by atoms with Crippen LogP contribution in [0.25, 0.3) is 0 Å². The zero-order valence-corrected chi connectivity index (χ0v) is 13.6. The zero-order valence-electron chi connectivity index (χ0n) is 13.6. The Morgan fingerprint density at radius 2 is 1.43 bits per heavy atom. The molecule has 0 aliphatic heterocycles. The highest BCUT2D eigenvalue weighted by Gasteiger charge is 2.23. The average Bonchev–Trinajstić information content (AvgIpc) is 2.47. The molecule has 112 valence electrons. The Labute approximate surface area is 128 Å². The van der Waals surface area contributed by atoms with E-state index in [2.05, 4.69) is 57.2 Å². The summed E-state index contributed by atoms with van der Waals surface area (Å²) in [6, 6.07) is 16.9. The monoisotopic (exact) mass is 282 g/mol. The third kappa shape index (κ3) is 3.95. The first-order chi connectivity index (χ1) is 9.92. The average molecular weight is 282 g/mol. The van der Waals surface area contributed by atoms with Gasteiger partial charge in [-0.05, 0) is 41.5 Å². The Hall–Kier alpha value is -1.60. The van der Waals surface area contributed by atoms with Crippen LogP contribution in [0.1, 0.15) is 55.9 Å². The maximum Gasteiger partial charge on any atom is 0.0908 e. The molecule has 0 radical (unpaired) electrons. The van der Waals surface area contributed by atoms with Gasteiger partial charge in [0.15, 0.2) is 0 Å². The maximum absolute atomic E-state index is 10.8. The Balaban J connectivity index is 2.15. The molecule has 0 aliphatic carbocycles. The van der Waals surface area contributed by atoms with Crippen molar-refractivity contribution < 1.29 is 5.11 Å². The second kappa shape index (κ2) is 6.44. The summed E-state index contributed by atoms with van der Waals surface area (Å²) in [6.45, 7) is 8.43. The predicted octanol–water partition coefficient (Wildman–Crippen LogP) is 4.82. The summed E-state index contributed by atoms with van der Waals surface area (Å²) in [5.74, 6) is 0.543. The summed E-state index contributed by atoms with van der Waals surface area (Å²) in [4.78, 5) is 0. The Bertz CT molecular complexity index is 562. The lowest BCUT2D eigenvalue weighted by Gasteiger charge is -2.24. The molecule has 0 fully saturated rings. The summed E-state index contributed by atoms with van der Waals surface area (Å²) in [6.07, 6.45) is 1.66. The van der Waals surface area contributed by atoms with Crippen molar-refractivity contribution in [1.82, 2.24) is 0 Å². The van der Waals surface area contributed by atoms with Gasteiger partial charge in [0.05, 0.1) is 5.60 Å². The molecule has 1 nitrogen and oxygen atoms in total. The molecule has 0 aromatic heterocycles. The number of hydrogen-bond donors (Lipinski definition) is 1. The molecule has 1 unspecified atom stereocenters. The van der Waals surface area contributed by atoms with Gasteiger partial charge in [0.2, 0.25) is 0 Å². The van der Waals surface area contributed by atoms with Gasteiger partial charge in [-0.1, -0.05) is 69.3 Å². The highest BCUT2D eigenvalue weighted by atomic mass is 16.3. The summed E-state index contributed by atoms with van der Waals surface area (Å²) < 4.78 is 0. The minimum absolute atomic E-state index is 0.543. The lowest BCUT2D eigenvalue weighted by atomic mass is 9.88. The fraction of sp³-hybridized carbons (Fsp3) is 0.400. The van der Waals surface area contributed by atoms with Crippen molar-refractivity contribution in [2.24, 2.45) is 0 Å². The molecule has 0 bridgehead atoms. The van der Waals surface area contributed by atoms with Crippen molar-refractivity contribution >= 4 is 0 Å². The lowest BCUT2D eigenvalue weighted by Crippen LogP contribution is -2.24. The van der Waals surface area contributed by atoms with Crippen molar-refractivity contribution in [2.45, 2.75) is 52.1 Å². The minimum atomic E-state index is -0.828. The Morgan fingerprint density at radius 3 is 1.90 bits per heavy atom. The molecule has 0 amide bonds. The van der Waals surface area contributed by atoms with E-state index in [9.17, 15) is 5.11 Å². The number of aryl methyl sites for hydroxylation is 1. The lowest BCUT2D eigenvalue weighted by molar-refractivity contribution is 0.0576. The van der Waals surface area contributed by atoms with Crippen molar-refractivity contribution in [2.75, 3.05) is 0 Å². The molecule has 0 saturated heterocycles. The van der Waals surface area contributed by atoms with Gasteiger partial charge >= 0.3 is 0 Å². The molecule has 0 saturated carbocycles. The van der Waals surface area contributed by atoms with Gasteiger partial charge in [0.1, 0.15) is 0 Å². The van der Waals surface area contributed by atoms with E-state index < -0.39 is 5.60 Å². The molecular formula is C20H26O. The largest absolute Gasteiger partial charge is 0.385 e. The van der Waals surface area contributed by atoms with Crippen molar-refractivity contribution in [3.8, 4) is 0 Å². The SMILES string of the molecule is CCc1ccc(C(C)(O)Cc2ccc(C(C)C)cc2)cc1. The van der Waals surface area contributed by atoms with Crippen LogP contribution in [0.3, 0.4) is 0 Å². The molecule has 0 heterocycles. The molecule has 0 spiro atoms. The third-order valence-corrected chi connectivity index (χ3v) is 4.18. The molecule has 1 N–H and O–H groups in total. The first kappa shape index (κ1) is 15.8. The van der Waals surface area contributed by atoms with Gasteiger partial charge in [-0.2, -0.15) is 0 Å². The molecule has 21 heavy (non-hydrogen) atoms. The first-order valence-corrected chi connectivity index (χ1v) is 7.83. The fourth-order valence-electron chi connectivity index (χ4n) is 2.62. The van der Waals surface area contributed by atoms with Crippen LogP contribution >= 0.6 is 0 Å². The van der Waals surface area contributed by atoms with E-state index in [1.165, 1.54) is 16.7 Å². The summed E-state index contributed by atoms with van der Waals surface area (Å²) in [5.41, 5.74) is 3.96. The van der Waals surface area contributed by atoms with Crippen LogP contribution < -0.4 is 0 Å². The van der Waals surface area contributed by atoms with Crippen LogP contribution in [-0.2, 0) is 18.4 Å². The van der Waals surface area contributed by atoms with E-state index in [4.69, 9.17) is 0 Å². The zero-order chi connectivity index (χ0) is 15.5. The number of aliphatic hydroxyl groups is 1. The Kier molecular flexibility index (Phi) is 4.84. The molecule has 1 heteroatoms. The van der Waals surface area contributed by atoms with Gasteiger partial charge in [0, 0.05) is 6.42 Å². The summed E-state index contributed by atoms with van der Waals surface area (Å²) in [5, 5.41) is 10.8. The second-order valence-electron chi connectivity index (χ2n) is 6.40. The van der Waals surface area contributed by atoms with Crippen LogP contribution in [-0.4, -0.2) is 5.11 Å². The van der Waals surface area contributed by atoms with Crippen LogP contribution in [0.15, 0.2) is 48.5 Å². The molecule has 0 aliphatic rings. The van der Waals surface area contributed by atoms with Gasteiger partial charge in [-0.25, -0.2) is 0 Å². The van der Waals surface area contributed by atoms with E-state index in [1.807, 2.05) is 19.1 Å². The van der Waals surface area contributed by atoms with Gasteiger partial charge in [0.25, 0.3) is 0 Å². The molecule has 2 rings (SSSR count). The van der Waals surface area contributed by atoms with E-state index in [0.717, 1.165) is 12.0 Å². The quantitative estimate of drug-likeness (QED) is 0.833. The summed E-state index contributed by atoms with van der Waals surface area (Å²) in [7, 11) is 0. The molecule has 1 atom stereocenters. The smallest absolute Gasteiger partial charge is 0.0908 e. The Morgan fingerprint density at radius 1 is 0.905 bits per heavy atom. The van der Waals surface area contributed by atoms with Crippen LogP contribution in [0.5, 0.6) is 0 Å². The van der Waals surface area contributed by atoms with Crippen molar-refractivity contribution in [3.63, 3.8) is 0 Å². The molecular weight excluding hydrogens is 256 g/mol. The standard InChI is InChI=1S/C20H26O/c1-5-16-8-12-19(13-9-16)20(4,21)14-17-6-10-18(11-7-17)15(2)3/h6-13,15,21H,5,14H2,1-4H3. The molecule has 2 aromatic rings. The molecule has 2 aromatic carbocycles. The van der Waals surface area contributed by atoms with Gasteiger partial charge in [-0.3, -0.25) is 0 Å². The summed E-state index contributed by atoms with van der Waals surface area (Å²) >= 11 is 0. The van der Waals surface area contributed by atoms with Gasteiger partial charge in [-0.15, -0.1) is 0 Å². The van der Waals surface area contributed by atoms with Crippen molar-refractivity contribution in [1.29, 1.82) is 0 Å². The highest BCUT2D eigenvalue weighted by Crippen LogP contribution is 2.26. The number of benzene rings is 2.